The summed E-state index contributed by atoms with van der Waals surface area (Å²) >= 11 is 0. The highest BCUT2D eigenvalue weighted by molar-refractivity contribution is 6.34. The third-order valence-corrected chi connectivity index (χ3v) is 4.48. The normalized spacial score (nSPS) is 12.5. The molecule has 0 fully saturated rings. The van der Waals surface area contributed by atoms with Gasteiger partial charge in [-0.05, 0) is 48.5 Å². The van der Waals surface area contributed by atoms with Crippen LogP contribution in [0.5, 0.6) is 17.2 Å². The number of imide groups is 1. The SMILES string of the molecule is CC(=O)Oc1ccc(N2C(=O)c3ccc(Oc4cccc([N+](=O)[O-])c4)cc3C2=O)cc1. The van der Waals surface area contributed by atoms with Gasteiger partial charge in [-0.25, -0.2) is 4.90 Å². The minimum atomic E-state index is -0.539. The molecule has 154 valence electrons. The highest BCUT2D eigenvalue weighted by atomic mass is 16.6. The Labute approximate surface area is 175 Å². The van der Waals surface area contributed by atoms with Crippen molar-refractivity contribution in [2.75, 3.05) is 4.90 Å². The van der Waals surface area contributed by atoms with Crippen molar-refractivity contribution in [3.8, 4) is 17.2 Å². The molecule has 0 saturated heterocycles. The Morgan fingerprint density at radius 1 is 0.871 bits per heavy atom. The molecule has 1 heterocycles. The molecular formula is C22H14N2O7. The van der Waals surface area contributed by atoms with Crippen LogP contribution in [-0.2, 0) is 4.79 Å². The summed E-state index contributed by atoms with van der Waals surface area (Å²) in [7, 11) is 0. The van der Waals surface area contributed by atoms with E-state index in [9.17, 15) is 24.5 Å². The van der Waals surface area contributed by atoms with Crippen molar-refractivity contribution in [2.24, 2.45) is 0 Å². The van der Waals surface area contributed by atoms with Gasteiger partial charge in [-0.1, -0.05) is 6.07 Å². The van der Waals surface area contributed by atoms with Crippen LogP contribution < -0.4 is 14.4 Å². The highest BCUT2D eigenvalue weighted by Gasteiger charge is 2.37. The van der Waals surface area contributed by atoms with Gasteiger partial charge in [-0.3, -0.25) is 24.5 Å². The van der Waals surface area contributed by atoms with Crippen LogP contribution in [0.2, 0.25) is 0 Å². The second-order valence-electron chi connectivity index (χ2n) is 6.60. The summed E-state index contributed by atoms with van der Waals surface area (Å²) in [5.74, 6) is -0.742. The number of benzene rings is 3. The number of rotatable bonds is 5. The molecule has 9 heteroatoms. The summed E-state index contributed by atoms with van der Waals surface area (Å²) < 4.78 is 10.6. The van der Waals surface area contributed by atoms with E-state index in [2.05, 4.69) is 0 Å². The molecule has 3 aromatic carbocycles. The Morgan fingerprint density at radius 2 is 1.52 bits per heavy atom. The van der Waals surface area contributed by atoms with E-state index in [1.165, 1.54) is 67.6 Å². The second-order valence-corrected chi connectivity index (χ2v) is 6.60. The van der Waals surface area contributed by atoms with Gasteiger partial charge in [0.1, 0.15) is 17.2 Å². The summed E-state index contributed by atoms with van der Waals surface area (Å²) in [5.41, 5.74) is 0.550. The minimum absolute atomic E-state index is 0.131. The third-order valence-electron chi connectivity index (χ3n) is 4.48. The molecule has 0 unspecified atom stereocenters. The van der Waals surface area contributed by atoms with E-state index >= 15 is 0 Å². The molecule has 3 aromatic rings. The van der Waals surface area contributed by atoms with E-state index in [0.29, 0.717) is 11.4 Å². The monoisotopic (exact) mass is 418 g/mol. The van der Waals surface area contributed by atoms with Gasteiger partial charge in [0.2, 0.25) is 0 Å². The zero-order valence-corrected chi connectivity index (χ0v) is 16.1. The van der Waals surface area contributed by atoms with Crippen molar-refractivity contribution in [3.05, 3.63) is 88.0 Å². The molecule has 0 aromatic heterocycles. The lowest BCUT2D eigenvalue weighted by atomic mass is 10.1. The number of hydrogen-bond acceptors (Lipinski definition) is 7. The number of carbonyl (C=O) groups excluding carboxylic acids is 3. The Balaban J connectivity index is 1.59. The second kappa shape index (κ2) is 7.71. The zero-order chi connectivity index (χ0) is 22.1. The van der Waals surface area contributed by atoms with E-state index in [1.807, 2.05) is 0 Å². The quantitative estimate of drug-likeness (QED) is 0.201. The lowest BCUT2D eigenvalue weighted by molar-refractivity contribution is -0.384. The number of hydrogen-bond donors (Lipinski definition) is 0. The molecule has 4 rings (SSSR count). The predicted octanol–water partition coefficient (Wildman–Crippen LogP) is 4.11. The summed E-state index contributed by atoms with van der Waals surface area (Å²) in [6.45, 7) is 1.27. The molecule has 2 amide bonds. The third kappa shape index (κ3) is 3.84. The number of anilines is 1. The van der Waals surface area contributed by atoms with Crippen molar-refractivity contribution >= 4 is 29.2 Å². The Hall–Kier alpha value is -4.53. The molecule has 31 heavy (non-hydrogen) atoms. The van der Waals surface area contributed by atoms with Crippen molar-refractivity contribution in [1.82, 2.24) is 0 Å². The number of carbonyl (C=O) groups is 3. The first kappa shape index (κ1) is 19.8. The Kier molecular flexibility index (Phi) is 4.92. The van der Waals surface area contributed by atoms with E-state index in [-0.39, 0.29) is 28.3 Å². The molecule has 9 nitrogen and oxygen atoms in total. The molecule has 0 saturated carbocycles. The van der Waals surface area contributed by atoms with E-state index in [4.69, 9.17) is 9.47 Å². The average Bonchev–Trinajstić information content (AvgIpc) is 2.98. The summed E-state index contributed by atoms with van der Waals surface area (Å²) in [6.07, 6.45) is 0. The summed E-state index contributed by atoms with van der Waals surface area (Å²) in [4.78, 5) is 48.1. The van der Waals surface area contributed by atoms with Crippen LogP contribution in [0, 0.1) is 10.1 Å². The largest absolute Gasteiger partial charge is 0.457 e. The molecule has 0 spiro atoms. The zero-order valence-electron chi connectivity index (χ0n) is 16.1. The summed E-state index contributed by atoms with van der Waals surface area (Å²) in [5, 5.41) is 10.9. The number of ether oxygens (including phenoxy) is 2. The first-order valence-corrected chi connectivity index (χ1v) is 9.07. The molecule has 1 aliphatic heterocycles. The Morgan fingerprint density at radius 3 is 2.19 bits per heavy atom. The van der Waals surface area contributed by atoms with Crippen LogP contribution in [0.15, 0.2) is 66.7 Å². The highest BCUT2D eigenvalue weighted by Crippen LogP contribution is 2.33. The van der Waals surface area contributed by atoms with E-state index < -0.39 is 22.7 Å². The molecule has 0 aliphatic carbocycles. The maximum absolute atomic E-state index is 12.9. The maximum atomic E-state index is 12.9. The van der Waals surface area contributed by atoms with Crippen LogP contribution in [0.3, 0.4) is 0 Å². The molecule has 0 bridgehead atoms. The topological polar surface area (TPSA) is 116 Å². The van der Waals surface area contributed by atoms with Gasteiger partial charge in [0.05, 0.1) is 27.8 Å². The number of esters is 1. The van der Waals surface area contributed by atoms with Crippen molar-refractivity contribution in [1.29, 1.82) is 0 Å². The standard InChI is InChI=1S/C22H14N2O7/c1-13(25)30-16-7-5-14(6-8-16)23-21(26)19-10-9-18(12-20(19)22(23)27)31-17-4-2-3-15(11-17)24(28)29/h2-12H,1H3. The maximum Gasteiger partial charge on any atom is 0.308 e. The smallest absolute Gasteiger partial charge is 0.308 e. The van der Waals surface area contributed by atoms with Crippen LogP contribution in [0.4, 0.5) is 11.4 Å². The number of fused-ring (bicyclic) bond motifs is 1. The lowest BCUT2D eigenvalue weighted by Gasteiger charge is -2.14. The fourth-order valence-electron chi connectivity index (χ4n) is 3.14. The van der Waals surface area contributed by atoms with Gasteiger partial charge in [-0.15, -0.1) is 0 Å². The minimum Gasteiger partial charge on any atom is -0.457 e. The van der Waals surface area contributed by atoms with Crippen molar-refractivity contribution in [2.45, 2.75) is 6.92 Å². The van der Waals surface area contributed by atoms with Gasteiger partial charge in [-0.2, -0.15) is 0 Å². The van der Waals surface area contributed by atoms with E-state index in [1.54, 1.807) is 6.07 Å². The molecule has 1 aliphatic rings. The summed E-state index contributed by atoms with van der Waals surface area (Å²) in [6, 6.07) is 16.0. The van der Waals surface area contributed by atoms with Crippen LogP contribution in [-0.4, -0.2) is 22.7 Å². The van der Waals surface area contributed by atoms with Gasteiger partial charge in [0.25, 0.3) is 17.5 Å². The molecular weight excluding hydrogens is 404 g/mol. The van der Waals surface area contributed by atoms with Crippen LogP contribution in [0.1, 0.15) is 27.6 Å². The van der Waals surface area contributed by atoms with Gasteiger partial charge in [0, 0.05) is 13.0 Å². The van der Waals surface area contributed by atoms with Crippen LogP contribution in [0.25, 0.3) is 0 Å². The number of nitro benzene ring substituents is 1. The number of nitro groups is 1. The van der Waals surface area contributed by atoms with Gasteiger partial charge < -0.3 is 9.47 Å². The van der Waals surface area contributed by atoms with Crippen molar-refractivity contribution < 1.29 is 28.8 Å². The molecule has 0 N–H and O–H groups in total. The fourth-order valence-corrected chi connectivity index (χ4v) is 3.14. The first-order chi connectivity index (χ1) is 14.8. The fraction of sp³-hybridized carbons (Fsp3) is 0.0455. The Bertz CT molecular complexity index is 1230. The van der Waals surface area contributed by atoms with Crippen molar-refractivity contribution in [3.63, 3.8) is 0 Å². The predicted molar refractivity (Wildman–Crippen MR) is 109 cm³/mol. The number of nitrogens with zero attached hydrogens (tertiary/aromatic N) is 2. The first-order valence-electron chi connectivity index (χ1n) is 9.07. The van der Waals surface area contributed by atoms with Gasteiger partial charge in [0.15, 0.2) is 0 Å². The molecule has 0 radical (unpaired) electrons. The number of non-ortho nitro benzene ring substituents is 1. The molecule has 0 atom stereocenters. The van der Waals surface area contributed by atoms with Crippen LogP contribution >= 0.6 is 0 Å². The average molecular weight is 418 g/mol. The number of amides is 2. The lowest BCUT2D eigenvalue weighted by Crippen LogP contribution is -2.29. The van der Waals surface area contributed by atoms with Gasteiger partial charge >= 0.3 is 5.97 Å². The van der Waals surface area contributed by atoms with E-state index in [0.717, 1.165) is 4.90 Å².